The van der Waals surface area contributed by atoms with Crippen molar-refractivity contribution in [3.8, 4) is 0 Å². The molecule has 8 heteroatoms. The molecule has 1 amide bonds. The molecule has 1 aromatic carbocycles. The maximum atomic E-state index is 13.6. The van der Waals surface area contributed by atoms with Crippen LogP contribution in [0.3, 0.4) is 0 Å². The van der Waals surface area contributed by atoms with Gasteiger partial charge in [0.05, 0.1) is 12.5 Å². The molecule has 0 N–H and O–H groups in total. The molecule has 0 bridgehead atoms. The molecule has 1 aromatic rings. The van der Waals surface area contributed by atoms with Crippen molar-refractivity contribution in [3.05, 3.63) is 47.7 Å². The standard InChI is InChI=1S/C20H20F2N4O2/c21-15-9-14(10-16(22)11-15)18-2-6-24-26(18)20(28)13-3-7-25(8-4-13)19-12-17(27)1-5-23-19/h1,5-6,9-11,13,18H,2-4,7-8,12H2/t18-/m0/s1. The highest BCUT2D eigenvalue weighted by atomic mass is 19.1. The number of hydrogen-bond acceptors (Lipinski definition) is 5. The van der Waals surface area contributed by atoms with Crippen LogP contribution in [-0.4, -0.2) is 46.7 Å². The fourth-order valence-electron chi connectivity index (χ4n) is 3.90. The van der Waals surface area contributed by atoms with Crippen molar-refractivity contribution in [1.82, 2.24) is 9.91 Å². The summed E-state index contributed by atoms with van der Waals surface area (Å²) in [5, 5.41) is 5.53. The van der Waals surface area contributed by atoms with Gasteiger partial charge in [-0.05, 0) is 36.6 Å². The van der Waals surface area contributed by atoms with Gasteiger partial charge in [0.15, 0.2) is 5.78 Å². The van der Waals surface area contributed by atoms with Gasteiger partial charge in [-0.15, -0.1) is 0 Å². The third-order valence-electron chi connectivity index (χ3n) is 5.35. The number of hydrazone groups is 1. The van der Waals surface area contributed by atoms with Crippen LogP contribution in [0, 0.1) is 17.6 Å². The Hall–Kier alpha value is -2.90. The molecule has 0 spiro atoms. The van der Waals surface area contributed by atoms with E-state index in [2.05, 4.69) is 10.1 Å². The van der Waals surface area contributed by atoms with Gasteiger partial charge in [0.1, 0.15) is 17.5 Å². The number of amidine groups is 1. The summed E-state index contributed by atoms with van der Waals surface area (Å²) in [5.74, 6) is -0.920. The van der Waals surface area contributed by atoms with Crippen molar-refractivity contribution in [3.63, 3.8) is 0 Å². The summed E-state index contributed by atoms with van der Waals surface area (Å²) in [6.07, 6.45) is 6.53. The highest BCUT2D eigenvalue weighted by Gasteiger charge is 2.35. The number of carbonyl (C=O) groups is 2. The summed E-state index contributed by atoms with van der Waals surface area (Å²) in [7, 11) is 0. The first kappa shape index (κ1) is 18.5. The molecule has 3 aliphatic heterocycles. The molecule has 0 unspecified atom stereocenters. The number of rotatable bonds is 2. The van der Waals surface area contributed by atoms with Gasteiger partial charge >= 0.3 is 0 Å². The van der Waals surface area contributed by atoms with E-state index in [1.165, 1.54) is 29.4 Å². The molecule has 146 valence electrons. The summed E-state index contributed by atoms with van der Waals surface area (Å²) in [5.41, 5.74) is 0.405. The Morgan fingerprint density at radius 1 is 1.11 bits per heavy atom. The van der Waals surface area contributed by atoms with E-state index in [1.54, 1.807) is 6.21 Å². The van der Waals surface area contributed by atoms with Gasteiger partial charge in [-0.2, -0.15) is 5.10 Å². The molecular formula is C20H20F2N4O2. The first-order valence-corrected chi connectivity index (χ1v) is 9.34. The van der Waals surface area contributed by atoms with Gasteiger partial charge in [-0.3, -0.25) is 9.59 Å². The lowest BCUT2D eigenvalue weighted by molar-refractivity contribution is -0.138. The van der Waals surface area contributed by atoms with E-state index in [0.717, 1.165) is 11.9 Å². The summed E-state index contributed by atoms with van der Waals surface area (Å²) in [4.78, 5) is 30.9. The first-order chi connectivity index (χ1) is 13.5. The molecule has 4 rings (SSSR count). The molecular weight excluding hydrogens is 366 g/mol. The van der Waals surface area contributed by atoms with Crippen molar-refractivity contribution in [2.24, 2.45) is 16.0 Å². The van der Waals surface area contributed by atoms with Crippen LogP contribution in [0.5, 0.6) is 0 Å². The lowest BCUT2D eigenvalue weighted by Gasteiger charge is -2.35. The van der Waals surface area contributed by atoms with Gasteiger partial charge in [-0.25, -0.2) is 18.8 Å². The van der Waals surface area contributed by atoms with Crippen molar-refractivity contribution in [1.29, 1.82) is 0 Å². The minimum atomic E-state index is -0.667. The third kappa shape index (κ3) is 3.72. The first-order valence-electron chi connectivity index (χ1n) is 9.34. The zero-order valence-electron chi connectivity index (χ0n) is 15.2. The maximum absolute atomic E-state index is 13.6. The Kier molecular flexibility index (Phi) is 5.02. The maximum Gasteiger partial charge on any atom is 0.246 e. The number of nitrogens with zero attached hydrogens (tertiary/aromatic N) is 4. The molecule has 3 aliphatic rings. The van der Waals surface area contributed by atoms with Gasteiger partial charge in [0.2, 0.25) is 5.91 Å². The van der Waals surface area contributed by atoms with Crippen LogP contribution in [-0.2, 0) is 9.59 Å². The van der Waals surface area contributed by atoms with E-state index in [1.807, 2.05) is 4.90 Å². The molecule has 0 saturated carbocycles. The molecule has 28 heavy (non-hydrogen) atoms. The average molecular weight is 386 g/mol. The smallest absolute Gasteiger partial charge is 0.246 e. The number of allylic oxidation sites excluding steroid dienone is 1. The molecule has 1 atom stereocenters. The predicted octanol–water partition coefficient (Wildman–Crippen LogP) is 2.82. The van der Waals surface area contributed by atoms with Crippen LogP contribution in [0.2, 0.25) is 0 Å². The quantitative estimate of drug-likeness (QED) is 0.785. The highest BCUT2D eigenvalue weighted by molar-refractivity contribution is 6.07. The fraction of sp³-hybridized carbons (Fsp3) is 0.400. The van der Waals surface area contributed by atoms with Crippen molar-refractivity contribution in [2.75, 3.05) is 13.1 Å². The molecule has 1 fully saturated rings. The number of amides is 1. The average Bonchev–Trinajstić information content (AvgIpc) is 3.17. The minimum absolute atomic E-state index is 0.0276. The van der Waals surface area contributed by atoms with Crippen LogP contribution >= 0.6 is 0 Å². The zero-order chi connectivity index (χ0) is 19.7. The van der Waals surface area contributed by atoms with Crippen LogP contribution in [0.4, 0.5) is 8.78 Å². The third-order valence-corrected chi connectivity index (χ3v) is 5.35. The van der Waals surface area contributed by atoms with E-state index in [4.69, 9.17) is 0 Å². The van der Waals surface area contributed by atoms with Gasteiger partial charge in [0, 0.05) is 43.9 Å². The number of likely N-dealkylation sites (tertiary alicyclic amines) is 1. The number of benzene rings is 1. The van der Waals surface area contributed by atoms with E-state index in [-0.39, 0.29) is 17.6 Å². The topological polar surface area (TPSA) is 65.3 Å². The largest absolute Gasteiger partial charge is 0.360 e. The highest BCUT2D eigenvalue weighted by Crippen LogP contribution is 2.32. The molecule has 0 radical (unpaired) electrons. The molecule has 1 saturated heterocycles. The number of aliphatic imine (C=N–C) groups is 1. The number of halogens is 2. The summed E-state index contributed by atoms with van der Waals surface area (Å²) in [6.45, 7) is 1.26. The van der Waals surface area contributed by atoms with Crippen LogP contribution in [0.25, 0.3) is 0 Å². The molecule has 0 aromatic heterocycles. The second-order valence-corrected chi connectivity index (χ2v) is 7.20. The van der Waals surface area contributed by atoms with Crippen molar-refractivity contribution in [2.45, 2.75) is 31.7 Å². The van der Waals surface area contributed by atoms with Crippen molar-refractivity contribution >= 4 is 23.7 Å². The van der Waals surface area contributed by atoms with Gasteiger partial charge < -0.3 is 4.90 Å². The summed E-state index contributed by atoms with van der Waals surface area (Å²) >= 11 is 0. The molecule has 3 heterocycles. The van der Waals surface area contributed by atoms with Crippen molar-refractivity contribution < 1.29 is 18.4 Å². The van der Waals surface area contributed by atoms with E-state index >= 15 is 0 Å². The van der Waals surface area contributed by atoms with E-state index < -0.39 is 17.7 Å². The number of piperidine rings is 1. The monoisotopic (exact) mass is 386 g/mol. The number of hydrogen-bond donors (Lipinski definition) is 0. The summed E-state index contributed by atoms with van der Waals surface area (Å²) < 4.78 is 27.2. The molecule has 6 nitrogen and oxygen atoms in total. The lowest BCUT2D eigenvalue weighted by Crippen LogP contribution is -2.44. The fourth-order valence-corrected chi connectivity index (χ4v) is 3.90. The normalized spacial score (nSPS) is 22.7. The number of carbonyl (C=O) groups excluding carboxylic acids is 2. The van der Waals surface area contributed by atoms with Crippen LogP contribution < -0.4 is 0 Å². The SMILES string of the molecule is O=C1C=CN=C(N2CCC(C(=O)N3N=CC[C@H]3c3cc(F)cc(F)c3)CC2)C1. The Balaban J connectivity index is 1.42. The minimum Gasteiger partial charge on any atom is -0.360 e. The second kappa shape index (κ2) is 7.61. The second-order valence-electron chi connectivity index (χ2n) is 7.20. The Morgan fingerprint density at radius 2 is 1.82 bits per heavy atom. The Labute approximate surface area is 161 Å². The lowest BCUT2D eigenvalue weighted by atomic mass is 9.94. The Bertz CT molecular complexity index is 868. The van der Waals surface area contributed by atoms with Crippen LogP contribution in [0.15, 0.2) is 40.6 Å². The zero-order valence-corrected chi connectivity index (χ0v) is 15.2. The van der Waals surface area contributed by atoms with Crippen LogP contribution in [0.1, 0.15) is 37.3 Å². The number of ketones is 1. The van der Waals surface area contributed by atoms with E-state index in [9.17, 15) is 18.4 Å². The van der Waals surface area contributed by atoms with Gasteiger partial charge in [-0.1, -0.05) is 0 Å². The summed E-state index contributed by atoms with van der Waals surface area (Å²) in [6, 6.07) is 2.82. The molecule has 0 aliphatic carbocycles. The van der Waals surface area contributed by atoms with Gasteiger partial charge in [0.25, 0.3) is 0 Å². The predicted molar refractivity (Wildman–Crippen MR) is 99.6 cm³/mol. The Morgan fingerprint density at radius 3 is 2.50 bits per heavy atom. The van der Waals surface area contributed by atoms with E-state index in [0.29, 0.717) is 44.3 Å².